The summed E-state index contributed by atoms with van der Waals surface area (Å²) in [4.78, 5) is 57.6. The van der Waals surface area contributed by atoms with Crippen LogP contribution in [0, 0.1) is 11.8 Å². The lowest BCUT2D eigenvalue weighted by molar-refractivity contribution is -0.153. The van der Waals surface area contributed by atoms with E-state index in [0.29, 0.717) is 16.9 Å². The van der Waals surface area contributed by atoms with Crippen molar-refractivity contribution in [2.45, 2.75) is 31.0 Å². The van der Waals surface area contributed by atoms with Gasteiger partial charge in [-0.15, -0.1) is 0 Å². The third-order valence-electron chi connectivity index (χ3n) is 9.34. The molecule has 14 heteroatoms. The Labute approximate surface area is 271 Å². The van der Waals surface area contributed by atoms with Crippen molar-refractivity contribution in [3.05, 3.63) is 63.9 Å². The van der Waals surface area contributed by atoms with Crippen LogP contribution in [0.4, 0.5) is 21.9 Å². The van der Waals surface area contributed by atoms with Crippen LogP contribution in [0.1, 0.15) is 23.1 Å². The minimum absolute atomic E-state index is 0.0155. The van der Waals surface area contributed by atoms with E-state index in [4.69, 9.17) is 5.73 Å². The molecule has 1 fully saturated rings. The fourth-order valence-corrected chi connectivity index (χ4v) is 7.07. The second-order valence-electron chi connectivity index (χ2n) is 12.9. The summed E-state index contributed by atoms with van der Waals surface area (Å²) in [5.74, 6) is -7.20. The highest BCUT2D eigenvalue weighted by Crippen LogP contribution is 2.54. The Morgan fingerprint density at radius 2 is 1.64 bits per heavy atom. The highest BCUT2D eigenvalue weighted by atomic mass is 16.3. The molecular formula is C33H40N6O8. The molecule has 0 heterocycles. The molecule has 2 unspecified atom stereocenters. The van der Waals surface area contributed by atoms with Gasteiger partial charge in [0.25, 0.3) is 5.91 Å². The van der Waals surface area contributed by atoms with E-state index in [1.165, 1.54) is 4.90 Å². The first-order valence-corrected chi connectivity index (χ1v) is 15.0. The number of nitrogens with two attached hydrogens (primary N) is 1. The number of anilines is 3. The number of aliphatic hydroxyl groups excluding tert-OH is 2. The zero-order valence-corrected chi connectivity index (χ0v) is 27.1. The molecule has 4 atom stereocenters. The first-order chi connectivity index (χ1) is 22.0. The number of phenols is 1. The van der Waals surface area contributed by atoms with Gasteiger partial charge < -0.3 is 46.6 Å². The average Bonchev–Trinajstić information content (AvgIpc) is 2.98. The molecule has 3 aliphatic carbocycles. The van der Waals surface area contributed by atoms with Crippen molar-refractivity contribution in [2.75, 3.05) is 57.4 Å². The first-order valence-electron chi connectivity index (χ1n) is 15.0. The van der Waals surface area contributed by atoms with Crippen LogP contribution in [0.25, 0.3) is 5.76 Å². The maximum atomic E-state index is 14.1. The quantitative estimate of drug-likeness (QED) is 0.214. The van der Waals surface area contributed by atoms with Crippen LogP contribution in [0.2, 0.25) is 0 Å². The molecule has 3 aliphatic rings. The van der Waals surface area contributed by atoms with E-state index in [1.807, 2.05) is 31.1 Å². The second kappa shape index (κ2) is 11.9. The van der Waals surface area contributed by atoms with Gasteiger partial charge in [-0.3, -0.25) is 19.3 Å². The van der Waals surface area contributed by atoms with Gasteiger partial charge in [-0.05, 0) is 68.8 Å². The van der Waals surface area contributed by atoms with Gasteiger partial charge in [0.05, 0.1) is 11.6 Å². The number of nitrogens with zero attached hydrogens (tertiary/aromatic N) is 3. The Hall–Kier alpha value is -5.08. The number of hydrogen-bond acceptors (Lipinski definition) is 11. The normalized spacial score (nSPS) is 23.6. The van der Waals surface area contributed by atoms with Gasteiger partial charge in [0.15, 0.2) is 11.4 Å². The van der Waals surface area contributed by atoms with Crippen molar-refractivity contribution in [3.63, 3.8) is 0 Å². The molecule has 1 saturated carbocycles. The monoisotopic (exact) mass is 648 g/mol. The van der Waals surface area contributed by atoms with Gasteiger partial charge in [0.1, 0.15) is 22.8 Å². The molecule has 250 valence electrons. The summed E-state index contributed by atoms with van der Waals surface area (Å²) in [5, 5.41) is 51.4. The largest absolute Gasteiger partial charge is 0.508 e. The molecule has 8 N–H and O–H groups in total. The molecule has 0 spiro atoms. The predicted octanol–water partition coefficient (Wildman–Crippen LogP) is 1.42. The molecule has 5 rings (SSSR count). The number of rotatable bonds is 7. The molecule has 14 nitrogen and oxygen atoms in total. The Kier molecular flexibility index (Phi) is 8.45. The maximum Gasteiger partial charge on any atom is 0.319 e. The molecule has 0 saturated heterocycles. The molecule has 47 heavy (non-hydrogen) atoms. The van der Waals surface area contributed by atoms with Gasteiger partial charge in [-0.25, -0.2) is 4.79 Å². The standard InChI is InChI=1S/C33H40N6O8/c1-37(2)18-9-7-17(8-10-18)36-32(46)35-14-16-13-21(38(3)4)19-11-15-12-20-25(39(5)6)28(42)24(31(34)45)30(44)33(20,47)29(43)22(15)27(41)23(19)26(16)40/h7-10,13,15,20,25,40-41,44,47H,11-12,14H2,1-6H3,(H2,34,45)(H2,35,36,46)/t15?,20?,25-,33+/m1/s1. The summed E-state index contributed by atoms with van der Waals surface area (Å²) in [6.45, 7) is -0.147. The number of nitrogens with one attached hydrogen (secondary N) is 2. The van der Waals surface area contributed by atoms with Crippen molar-refractivity contribution in [3.8, 4) is 5.75 Å². The van der Waals surface area contributed by atoms with Gasteiger partial charge in [0.2, 0.25) is 5.78 Å². The Morgan fingerprint density at radius 1 is 1.00 bits per heavy atom. The number of carbonyl (C=O) groups is 4. The van der Waals surface area contributed by atoms with Crippen LogP contribution in [-0.2, 0) is 27.3 Å². The summed E-state index contributed by atoms with van der Waals surface area (Å²) < 4.78 is 0. The average molecular weight is 649 g/mol. The number of aromatic hydroxyl groups is 1. The fraction of sp³-hybridized carbons (Fsp3) is 0.394. The summed E-state index contributed by atoms with van der Waals surface area (Å²) in [7, 11) is 10.4. The molecule has 0 aliphatic heterocycles. The van der Waals surface area contributed by atoms with E-state index in [2.05, 4.69) is 10.6 Å². The molecule has 2 aromatic carbocycles. The van der Waals surface area contributed by atoms with E-state index >= 15 is 0 Å². The lowest BCUT2D eigenvalue weighted by atomic mass is 9.57. The predicted molar refractivity (Wildman–Crippen MR) is 175 cm³/mol. The zero-order valence-electron chi connectivity index (χ0n) is 27.1. The number of fused-ring (bicyclic) bond motifs is 3. The van der Waals surface area contributed by atoms with Crippen LogP contribution >= 0.6 is 0 Å². The number of benzene rings is 2. The van der Waals surface area contributed by atoms with Gasteiger partial charge >= 0.3 is 6.03 Å². The van der Waals surface area contributed by atoms with E-state index in [0.717, 1.165) is 5.69 Å². The molecule has 2 aromatic rings. The number of ketones is 2. The summed E-state index contributed by atoms with van der Waals surface area (Å²) in [6, 6.07) is 7.16. The first kappa shape index (κ1) is 33.3. The topological polar surface area (TPSA) is 209 Å². The fourth-order valence-electron chi connectivity index (χ4n) is 7.07. The minimum atomic E-state index is -2.73. The lowest BCUT2D eigenvalue weighted by Crippen LogP contribution is -2.65. The van der Waals surface area contributed by atoms with Crippen LogP contribution < -0.4 is 26.2 Å². The van der Waals surface area contributed by atoms with Gasteiger partial charge in [0, 0.05) is 68.9 Å². The highest BCUT2D eigenvalue weighted by molar-refractivity contribution is 6.24. The number of hydrogen-bond donors (Lipinski definition) is 7. The third kappa shape index (κ3) is 5.32. The van der Waals surface area contributed by atoms with Crippen LogP contribution in [0.15, 0.2) is 47.2 Å². The van der Waals surface area contributed by atoms with Crippen molar-refractivity contribution in [1.29, 1.82) is 0 Å². The summed E-state index contributed by atoms with van der Waals surface area (Å²) in [6.07, 6.45) is 0.130. The number of carbonyl (C=O) groups excluding carboxylic acids is 4. The number of amides is 3. The van der Waals surface area contributed by atoms with E-state index in [-0.39, 0.29) is 41.8 Å². The van der Waals surface area contributed by atoms with E-state index in [9.17, 15) is 39.6 Å². The number of aliphatic hydroxyl groups is 3. The van der Waals surface area contributed by atoms with Gasteiger partial charge in [-0.2, -0.15) is 0 Å². The van der Waals surface area contributed by atoms with Crippen molar-refractivity contribution in [1.82, 2.24) is 10.2 Å². The highest BCUT2D eigenvalue weighted by Gasteiger charge is 2.64. The summed E-state index contributed by atoms with van der Waals surface area (Å²) in [5.41, 5.74) is 4.37. The smallest absolute Gasteiger partial charge is 0.319 e. The molecule has 0 aromatic heterocycles. The van der Waals surface area contributed by atoms with Crippen molar-refractivity contribution in [2.24, 2.45) is 17.6 Å². The number of urea groups is 1. The number of Topliss-reactive ketones (excluding diaryl/α,β-unsaturated/α-hetero) is 2. The van der Waals surface area contributed by atoms with Crippen LogP contribution in [0.5, 0.6) is 5.75 Å². The molecule has 0 radical (unpaired) electrons. The maximum absolute atomic E-state index is 14.1. The zero-order chi connectivity index (χ0) is 34.7. The van der Waals surface area contributed by atoms with E-state index in [1.54, 1.807) is 51.3 Å². The van der Waals surface area contributed by atoms with Crippen LogP contribution in [0.3, 0.4) is 0 Å². The van der Waals surface area contributed by atoms with Crippen LogP contribution in [-0.4, -0.2) is 103 Å². The SMILES string of the molecule is CN(C)c1ccc(NC(=O)NCc2cc(N(C)C)c3c(c2O)C(O)=C2C(=O)[C@]4(O)C(O)=C(C(N)=O)C(=O)[C@H](N(C)C)C4CC2C3)cc1. The second-order valence-corrected chi connectivity index (χ2v) is 12.9. The molecular weight excluding hydrogens is 608 g/mol. The number of likely N-dealkylation sites (N-methyl/N-ethyl adjacent to an activating group) is 1. The van der Waals surface area contributed by atoms with Gasteiger partial charge in [-0.1, -0.05) is 0 Å². The molecule has 0 bridgehead atoms. The van der Waals surface area contributed by atoms with Crippen molar-refractivity contribution < 1.29 is 39.6 Å². The lowest BCUT2D eigenvalue weighted by Gasteiger charge is -2.50. The van der Waals surface area contributed by atoms with Crippen molar-refractivity contribution >= 4 is 46.3 Å². The van der Waals surface area contributed by atoms with E-state index < -0.39 is 64.1 Å². The number of primary amides is 1. The number of phenolic OH excluding ortho intramolecular Hbond substituents is 1. The minimum Gasteiger partial charge on any atom is -0.508 e. The Bertz CT molecular complexity index is 1750. The Morgan fingerprint density at radius 3 is 2.19 bits per heavy atom. The molecule has 3 amide bonds. The Balaban J connectivity index is 1.53. The summed E-state index contributed by atoms with van der Waals surface area (Å²) >= 11 is 0. The third-order valence-corrected chi connectivity index (χ3v) is 9.34.